The van der Waals surface area contributed by atoms with E-state index in [9.17, 15) is 22.8 Å². The van der Waals surface area contributed by atoms with Crippen LogP contribution in [0.15, 0.2) is 30.3 Å². The Hall–Kier alpha value is -2.29. The third kappa shape index (κ3) is 7.75. The standard InChI is InChI=1S/C19H27F3N4O2/c1-25(14-19(20,21)22)11-6-10-23-17(27)15-7-5-12-26(13-15)18(28)24-16-8-3-2-4-9-16/h2-4,8-9,15H,5-7,10-14H2,1H3,(H,23,27)(H,24,28). The van der Waals surface area contributed by atoms with Crippen molar-refractivity contribution < 1.29 is 22.8 Å². The predicted octanol–water partition coefficient (Wildman–Crippen LogP) is 2.93. The minimum Gasteiger partial charge on any atom is -0.356 e. The average Bonchev–Trinajstić information content (AvgIpc) is 2.64. The number of hydrogen-bond donors (Lipinski definition) is 2. The second-order valence-corrected chi connectivity index (χ2v) is 7.08. The molecule has 1 aliphatic rings. The van der Waals surface area contributed by atoms with Crippen molar-refractivity contribution in [3.63, 3.8) is 0 Å². The Morgan fingerprint density at radius 2 is 1.96 bits per heavy atom. The number of hydrogen-bond acceptors (Lipinski definition) is 3. The van der Waals surface area contributed by atoms with Gasteiger partial charge in [-0.05, 0) is 45.0 Å². The van der Waals surface area contributed by atoms with Gasteiger partial charge in [-0.3, -0.25) is 9.69 Å². The van der Waals surface area contributed by atoms with Crippen molar-refractivity contribution in [1.82, 2.24) is 15.1 Å². The quantitative estimate of drug-likeness (QED) is 0.692. The van der Waals surface area contributed by atoms with Gasteiger partial charge in [-0.25, -0.2) is 4.79 Å². The predicted molar refractivity (Wildman–Crippen MR) is 101 cm³/mol. The third-order valence-corrected chi connectivity index (χ3v) is 4.57. The molecule has 0 radical (unpaired) electrons. The van der Waals surface area contributed by atoms with E-state index in [1.165, 1.54) is 11.9 Å². The van der Waals surface area contributed by atoms with Gasteiger partial charge in [0.05, 0.1) is 12.5 Å². The fourth-order valence-corrected chi connectivity index (χ4v) is 3.19. The lowest BCUT2D eigenvalue weighted by atomic mass is 9.97. The van der Waals surface area contributed by atoms with E-state index in [1.54, 1.807) is 17.0 Å². The molecule has 1 fully saturated rings. The number of amides is 3. The molecule has 1 unspecified atom stereocenters. The summed E-state index contributed by atoms with van der Waals surface area (Å²) in [6.07, 6.45) is -2.36. The minimum atomic E-state index is -4.22. The van der Waals surface area contributed by atoms with Gasteiger partial charge in [-0.15, -0.1) is 0 Å². The highest BCUT2D eigenvalue weighted by Crippen LogP contribution is 2.18. The zero-order valence-corrected chi connectivity index (χ0v) is 16.0. The number of para-hydroxylation sites is 1. The zero-order valence-electron chi connectivity index (χ0n) is 16.0. The molecule has 0 aromatic heterocycles. The fraction of sp³-hybridized carbons (Fsp3) is 0.579. The van der Waals surface area contributed by atoms with Crippen molar-refractivity contribution in [3.8, 4) is 0 Å². The van der Waals surface area contributed by atoms with Crippen LogP contribution in [0.25, 0.3) is 0 Å². The first-order valence-corrected chi connectivity index (χ1v) is 9.38. The maximum absolute atomic E-state index is 12.4. The van der Waals surface area contributed by atoms with E-state index in [-0.39, 0.29) is 24.4 Å². The Bertz CT molecular complexity index is 640. The van der Waals surface area contributed by atoms with Crippen LogP contribution in [0.4, 0.5) is 23.7 Å². The monoisotopic (exact) mass is 400 g/mol. The van der Waals surface area contributed by atoms with E-state index in [4.69, 9.17) is 0 Å². The van der Waals surface area contributed by atoms with Crippen LogP contribution < -0.4 is 10.6 Å². The number of nitrogens with one attached hydrogen (secondary N) is 2. The number of nitrogens with zero attached hydrogens (tertiary/aromatic N) is 2. The first-order valence-electron chi connectivity index (χ1n) is 9.38. The number of piperidine rings is 1. The summed E-state index contributed by atoms with van der Waals surface area (Å²) in [5.41, 5.74) is 0.696. The molecule has 1 heterocycles. The van der Waals surface area contributed by atoms with Gasteiger partial charge in [0.25, 0.3) is 0 Å². The second kappa shape index (κ2) is 10.3. The average molecular weight is 400 g/mol. The maximum atomic E-state index is 12.4. The number of anilines is 1. The lowest BCUT2D eigenvalue weighted by molar-refractivity contribution is -0.143. The molecule has 6 nitrogen and oxygen atoms in total. The van der Waals surface area contributed by atoms with Crippen molar-refractivity contribution in [3.05, 3.63) is 30.3 Å². The van der Waals surface area contributed by atoms with Gasteiger partial charge in [0.1, 0.15) is 0 Å². The molecule has 2 N–H and O–H groups in total. The Morgan fingerprint density at radius 1 is 1.25 bits per heavy atom. The Labute approximate surface area is 163 Å². The summed E-state index contributed by atoms with van der Waals surface area (Å²) in [6, 6.07) is 8.86. The molecule has 9 heteroatoms. The number of urea groups is 1. The first kappa shape index (κ1) is 22.0. The number of halogens is 3. The molecule has 1 aromatic carbocycles. The Morgan fingerprint density at radius 3 is 2.64 bits per heavy atom. The van der Waals surface area contributed by atoms with Gasteiger partial charge in [-0.2, -0.15) is 13.2 Å². The van der Waals surface area contributed by atoms with Crippen molar-refractivity contribution in [1.29, 1.82) is 0 Å². The molecule has 3 amide bonds. The van der Waals surface area contributed by atoms with Gasteiger partial charge in [0.2, 0.25) is 5.91 Å². The smallest absolute Gasteiger partial charge is 0.356 e. The lowest BCUT2D eigenvalue weighted by Gasteiger charge is -2.32. The summed E-state index contributed by atoms with van der Waals surface area (Å²) in [7, 11) is 1.40. The molecule has 2 rings (SSSR count). The van der Waals surface area contributed by atoms with Crippen LogP contribution in [0.2, 0.25) is 0 Å². The van der Waals surface area contributed by atoms with Gasteiger partial charge in [0, 0.05) is 25.3 Å². The molecule has 0 spiro atoms. The number of benzene rings is 1. The number of rotatable bonds is 7. The van der Waals surface area contributed by atoms with Crippen molar-refractivity contribution in [2.24, 2.45) is 5.92 Å². The summed E-state index contributed by atoms with van der Waals surface area (Å²) in [5, 5.41) is 5.59. The van der Waals surface area contributed by atoms with Gasteiger partial charge in [-0.1, -0.05) is 18.2 Å². The first-order chi connectivity index (χ1) is 13.2. The zero-order chi connectivity index (χ0) is 20.6. The topological polar surface area (TPSA) is 64.7 Å². The number of alkyl halides is 3. The summed E-state index contributed by atoms with van der Waals surface area (Å²) < 4.78 is 36.8. The van der Waals surface area contributed by atoms with E-state index >= 15 is 0 Å². The molecule has 28 heavy (non-hydrogen) atoms. The highest BCUT2D eigenvalue weighted by atomic mass is 19.4. The molecular formula is C19H27F3N4O2. The molecular weight excluding hydrogens is 373 g/mol. The largest absolute Gasteiger partial charge is 0.401 e. The Kier molecular flexibility index (Phi) is 8.10. The summed E-state index contributed by atoms with van der Waals surface area (Å²) in [5.74, 6) is -0.459. The van der Waals surface area contributed by atoms with Crippen molar-refractivity contribution in [2.45, 2.75) is 25.4 Å². The fourth-order valence-electron chi connectivity index (χ4n) is 3.19. The molecule has 1 atom stereocenters. The summed E-state index contributed by atoms with van der Waals surface area (Å²) in [4.78, 5) is 27.5. The number of likely N-dealkylation sites (tertiary alicyclic amines) is 1. The number of carbonyl (C=O) groups excluding carboxylic acids is 2. The normalized spacial score (nSPS) is 17.5. The number of carbonyl (C=O) groups is 2. The molecule has 0 bridgehead atoms. The summed E-state index contributed by atoms with van der Waals surface area (Å²) in [6.45, 7) is 0.516. The highest BCUT2D eigenvalue weighted by molar-refractivity contribution is 5.90. The lowest BCUT2D eigenvalue weighted by Crippen LogP contribution is -2.47. The molecule has 1 saturated heterocycles. The molecule has 156 valence electrons. The van der Waals surface area contributed by atoms with E-state index < -0.39 is 12.7 Å². The minimum absolute atomic E-state index is 0.157. The van der Waals surface area contributed by atoms with Crippen LogP contribution in [0.1, 0.15) is 19.3 Å². The van der Waals surface area contributed by atoms with Crippen molar-refractivity contribution >= 4 is 17.6 Å². The Balaban J connectivity index is 1.71. The molecule has 0 saturated carbocycles. The summed E-state index contributed by atoms with van der Waals surface area (Å²) >= 11 is 0. The van der Waals surface area contributed by atoms with Crippen LogP contribution >= 0.6 is 0 Å². The van der Waals surface area contributed by atoms with Gasteiger partial charge < -0.3 is 15.5 Å². The highest BCUT2D eigenvalue weighted by Gasteiger charge is 2.29. The van der Waals surface area contributed by atoms with Crippen LogP contribution in [-0.4, -0.2) is 67.7 Å². The second-order valence-electron chi connectivity index (χ2n) is 7.08. The van der Waals surface area contributed by atoms with E-state index in [0.717, 1.165) is 6.42 Å². The SMILES string of the molecule is CN(CCCNC(=O)C1CCCN(C(=O)Nc2ccccc2)C1)CC(F)(F)F. The third-order valence-electron chi connectivity index (χ3n) is 4.57. The van der Waals surface area contributed by atoms with Gasteiger partial charge in [0.15, 0.2) is 0 Å². The van der Waals surface area contributed by atoms with Crippen LogP contribution in [0.5, 0.6) is 0 Å². The molecule has 1 aliphatic heterocycles. The van der Waals surface area contributed by atoms with Crippen molar-refractivity contribution in [2.75, 3.05) is 45.1 Å². The molecule has 1 aromatic rings. The molecule has 0 aliphatic carbocycles. The van der Waals surface area contributed by atoms with Crippen LogP contribution in [0, 0.1) is 5.92 Å². The van der Waals surface area contributed by atoms with E-state index in [0.29, 0.717) is 38.2 Å². The van der Waals surface area contributed by atoms with E-state index in [1.807, 2.05) is 18.2 Å². The van der Waals surface area contributed by atoms with Gasteiger partial charge >= 0.3 is 12.2 Å². The maximum Gasteiger partial charge on any atom is 0.401 e. The van der Waals surface area contributed by atoms with Crippen LogP contribution in [-0.2, 0) is 4.79 Å². The van der Waals surface area contributed by atoms with Crippen LogP contribution in [0.3, 0.4) is 0 Å². The van der Waals surface area contributed by atoms with E-state index in [2.05, 4.69) is 10.6 Å².